The standard InChI is InChI=1S/C21H22O4/c1-14-6-8-17(9-7-14)21(23)15(2)25-20(22)13-24-19-11-10-16-4-3-5-18(16)12-19/h6-12,15H,3-5,13H2,1-2H3/t15-/m0/s1. The molecule has 1 aliphatic rings. The number of hydrogen-bond donors (Lipinski definition) is 0. The quantitative estimate of drug-likeness (QED) is 0.595. The van der Waals surface area contributed by atoms with Gasteiger partial charge in [-0.05, 0) is 56.4 Å². The molecule has 1 aliphatic carbocycles. The highest BCUT2D eigenvalue weighted by molar-refractivity contribution is 6.00. The molecule has 3 rings (SSSR count). The zero-order valence-electron chi connectivity index (χ0n) is 14.6. The van der Waals surface area contributed by atoms with Crippen LogP contribution in [0.2, 0.25) is 0 Å². The molecule has 2 aromatic rings. The first kappa shape index (κ1) is 17.2. The molecule has 0 saturated heterocycles. The van der Waals surface area contributed by atoms with Crippen molar-refractivity contribution in [2.75, 3.05) is 6.61 Å². The van der Waals surface area contributed by atoms with E-state index in [4.69, 9.17) is 9.47 Å². The summed E-state index contributed by atoms with van der Waals surface area (Å²) in [6, 6.07) is 13.1. The molecule has 0 N–H and O–H groups in total. The maximum atomic E-state index is 12.3. The lowest BCUT2D eigenvalue weighted by Gasteiger charge is -2.13. The number of carbonyl (C=O) groups excluding carboxylic acids is 2. The molecule has 0 aliphatic heterocycles. The minimum Gasteiger partial charge on any atom is -0.482 e. The fourth-order valence-corrected chi connectivity index (χ4v) is 3.02. The predicted molar refractivity (Wildman–Crippen MR) is 95.0 cm³/mol. The minimum absolute atomic E-state index is 0.204. The van der Waals surface area contributed by atoms with Crippen LogP contribution in [0, 0.1) is 6.92 Å². The van der Waals surface area contributed by atoms with E-state index in [1.165, 1.54) is 17.5 Å². The van der Waals surface area contributed by atoms with Gasteiger partial charge in [0, 0.05) is 5.56 Å². The summed E-state index contributed by atoms with van der Waals surface area (Å²) in [5.74, 6) is -0.102. The fourth-order valence-electron chi connectivity index (χ4n) is 3.02. The number of aryl methyl sites for hydroxylation is 3. The highest BCUT2D eigenvalue weighted by Gasteiger charge is 2.20. The molecule has 0 heterocycles. The van der Waals surface area contributed by atoms with Gasteiger partial charge >= 0.3 is 5.97 Å². The summed E-state index contributed by atoms with van der Waals surface area (Å²) in [6.45, 7) is 3.33. The Labute approximate surface area is 147 Å². The van der Waals surface area contributed by atoms with E-state index in [2.05, 4.69) is 0 Å². The van der Waals surface area contributed by atoms with Crippen LogP contribution in [-0.2, 0) is 22.4 Å². The monoisotopic (exact) mass is 338 g/mol. The molecule has 0 amide bonds. The second-order valence-electron chi connectivity index (χ2n) is 6.44. The summed E-state index contributed by atoms with van der Waals surface area (Å²) in [6.07, 6.45) is 2.49. The summed E-state index contributed by atoms with van der Waals surface area (Å²) < 4.78 is 10.7. The lowest BCUT2D eigenvalue weighted by molar-refractivity contribution is -0.148. The molecule has 130 valence electrons. The molecule has 2 aromatic carbocycles. The van der Waals surface area contributed by atoms with Gasteiger partial charge in [0.15, 0.2) is 12.7 Å². The number of benzene rings is 2. The molecule has 0 saturated carbocycles. The lowest BCUT2D eigenvalue weighted by atomic mass is 10.1. The first-order valence-electron chi connectivity index (χ1n) is 8.58. The molecule has 0 fully saturated rings. The van der Waals surface area contributed by atoms with E-state index >= 15 is 0 Å². The molecule has 4 heteroatoms. The second-order valence-corrected chi connectivity index (χ2v) is 6.44. The Bertz CT molecular complexity index is 777. The van der Waals surface area contributed by atoms with E-state index in [0.717, 1.165) is 18.4 Å². The van der Waals surface area contributed by atoms with Crippen molar-refractivity contribution in [1.29, 1.82) is 0 Å². The van der Waals surface area contributed by atoms with Crippen LogP contribution in [0.1, 0.15) is 40.4 Å². The molecule has 0 unspecified atom stereocenters. The van der Waals surface area contributed by atoms with Crippen LogP contribution >= 0.6 is 0 Å². The van der Waals surface area contributed by atoms with Gasteiger partial charge in [-0.15, -0.1) is 0 Å². The van der Waals surface area contributed by atoms with Crippen LogP contribution in [0.25, 0.3) is 0 Å². The topological polar surface area (TPSA) is 52.6 Å². The average Bonchev–Trinajstić information content (AvgIpc) is 3.07. The van der Waals surface area contributed by atoms with Gasteiger partial charge in [-0.1, -0.05) is 35.9 Å². The molecule has 0 bridgehead atoms. The highest BCUT2D eigenvalue weighted by atomic mass is 16.6. The van der Waals surface area contributed by atoms with E-state index in [-0.39, 0.29) is 12.4 Å². The summed E-state index contributed by atoms with van der Waals surface area (Å²) in [5.41, 5.74) is 4.25. The number of carbonyl (C=O) groups is 2. The van der Waals surface area contributed by atoms with Gasteiger partial charge in [0.25, 0.3) is 0 Å². The van der Waals surface area contributed by atoms with E-state index in [0.29, 0.717) is 11.3 Å². The SMILES string of the molecule is Cc1ccc(C(=O)[C@H](C)OC(=O)COc2ccc3c(c2)CCC3)cc1. The van der Waals surface area contributed by atoms with E-state index in [1.54, 1.807) is 19.1 Å². The third kappa shape index (κ3) is 4.27. The molecule has 0 aromatic heterocycles. The maximum absolute atomic E-state index is 12.3. The number of Topliss-reactive ketones (excluding diaryl/α,β-unsaturated/α-hetero) is 1. The van der Waals surface area contributed by atoms with E-state index in [9.17, 15) is 9.59 Å². The van der Waals surface area contributed by atoms with Crippen molar-refractivity contribution >= 4 is 11.8 Å². The highest BCUT2D eigenvalue weighted by Crippen LogP contribution is 2.26. The predicted octanol–water partition coefficient (Wildman–Crippen LogP) is 3.68. The maximum Gasteiger partial charge on any atom is 0.344 e. The molecular formula is C21H22O4. The summed E-state index contributed by atoms with van der Waals surface area (Å²) in [4.78, 5) is 24.2. The molecule has 0 spiro atoms. The molecule has 1 atom stereocenters. The number of ether oxygens (including phenoxy) is 2. The van der Waals surface area contributed by atoms with Crippen LogP contribution < -0.4 is 4.74 Å². The van der Waals surface area contributed by atoms with Crippen LogP contribution in [0.5, 0.6) is 5.75 Å². The van der Waals surface area contributed by atoms with Gasteiger partial charge in [-0.3, -0.25) is 4.79 Å². The number of fused-ring (bicyclic) bond motifs is 1. The van der Waals surface area contributed by atoms with Gasteiger partial charge in [0.2, 0.25) is 5.78 Å². The molecule has 4 nitrogen and oxygen atoms in total. The Morgan fingerprint density at radius 1 is 1.04 bits per heavy atom. The number of ketones is 1. The van der Waals surface area contributed by atoms with Crippen LogP contribution in [0.15, 0.2) is 42.5 Å². The fraction of sp³-hybridized carbons (Fsp3) is 0.333. The van der Waals surface area contributed by atoms with Crippen LogP contribution in [0.3, 0.4) is 0 Å². The average molecular weight is 338 g/mol. The Morgan fingerprint density at radius 3 is 2.52 bits per heavy atom. The second kappa shape index (κ2) is 7.51. The number of hydrogen-bond acceptors (Lipinski definition) is 4. The van der Waals surface area contributed by atoms with Crippen LogP contribution in [0.4, 0.5) is 0 Å². The smallest absolute Gasteiger partial charge is 0.344 e. The van der Waals surface area contributed by atoms with Gasteiger partial charge in [0.05, 0.1) is 0 Å². The first-order valence-corrected chi connectivity index (χ1v) is 8.58. The number of esters is 1. The lowest BCUT2D eigenvalue weighted by Crippen LogP contribution is -2.27. The largest absolute Gasteiger partial charge is 0.482 e. The third-order valence-electron chi connectivity index (χ3n) is 4.44. The van der Waals surface area contributed by atoms with Crippen molar-refractivity contribution in [3.05, 3.63) is 64.7 Å². The summed E-state index contributed by atoms with van der Waals surface area (Å²) >= 11 is 0. The molecular weight excluding hydrogens is 316 g/mol. The first-order chi connectivity index (χ1) is 12.0. The Hall–Kier alpha value is -2.62. The van der Waals surface area contributed by atoms with Crippen molar-refractivity contribution in [2.45, 2.75) is 39.2 Å². The van der Waals surface area contributed by atoms with Gasteiger partial charge in [0.1, 0.15) is 5.75 Å². The zero-order valence-corrected chi connectivity index (χ0v) is 14.6. The van der Waals surface area contributed by atoms with E-state index < -0.39 is 12.1 Å². The Kier molecular flexibility index (Phi) is 5.17. The van der Waals surface area contributed by atoms with Crippen molar-refractivity contribution in [1.82, 2.24) is 0 Å². The Balaban J connectivity index is 1.51. The van der Waals surface area contributed by atoms with Gasteiger partial charge < -0.3 is 9.47 Å². The van der Waals surface area contributed by atoms with Crippen molar-refractivity contribution in [2.24, 2.45) is 0 Å². The zero-order chi connectivity index (χ0) is 17.8. The van der Waals surface area contributed by atoms with Gasteiger partial charge in [-0.2, -0.15) is 0 Å². The normalized spacial score (nSPS) is 13.8. The van der Waals surface area contributed by atoms with Gasteiger partial charge in [-0.25, -0.2) is 4.79 Å². The van der Waals surface area contributed by atoms with Crippen molar-refractivity contribution in [3.8, 4) is 5.75 Å². The van der Waals surface area contributed by atoms with E-state index in [1.807, 2.05) is 37.3 Å². The third-order valence-corrected chi connectivity index (χ3v) is 4.44. The number of rotatable bonds is 6. The molecule has 0 radical (unpaired) electrons. The van der Waals surface area contributed by atoms with Crippen molar-refractivity contribution < 1.29 is 19.1 Å². The Morgan fingerprint density at radius 2 is 1.76 bits per heavy atom. The van der Waals surface area contributed by atoms with Crippen molar-refractivity contribution in [3.63, 3.8) is 0 Å². The minimum atomic E-state index is -0.834. The summed E-state index contributed by atoms with van der Waals surface area (Å²) in [7, 11) is 0. The molecule has 25 heavy (non-hydrogen) atoms. The summed E-state index contributed by atoms with van der Waals surface area (Å²) in [5, 5.41) is 0. The van der Waals surface area contributed by atoms with Crippen LogP contribution in [-0.4, -0.2) is 24.5 Å².